The van der Waals surface area contributed by atoms with Crippen LogP contribution in [0.15, 0.2) is 43.0 Å². The molecule has 2 atom stereocenters. The van der Waals surface area contributed by atoms with E-state index in [1.165, 1.54) is 45.1 Å². The summed E-state index contributed by atoms with van der Waals surface area (Å²) in [6, 6.07) is 9.73. The van der Waals surface area contributed by atoms with Gasteiger partial charge in [0.1, 0.15) is 0 Å². The Labute approximate surface area is 212 Å². The van der Waals surface area contributed by atoms with E-state index in [1.807, 2.05) is 30.3 Å². The first kappa shape index (κ1) is 30.0. The topological polar surface area (TPSA) is 64.6 Å². The van der Waals surface area contributed by atoms with Crippen molar-refractivity contribution < 1.29 is 19.1 Å². The monoisotopic (exact) mass is 479 g/mol. The summed E-state index contributed by atoms with van der Waals surface area (Å²) in [6.45, 7) is 8.22. The van der Waals surface area contributed by atoms with Gasteiger partial charge in [-0.05, 0) is 42.2 Å². The van der Waals surface area contributed by atoms with Crippen LogP contribution in [0.2, 0.25) is 0 Å². The van der Waals surface area contributed by atoms with Crippen LogP contribution in [0, 0.1) is 23.7 Å². The van der Waals surface area contributed by atoms with Gasteiger partial charge >= 0.3 is 5.97 Å². The summed E-state index contributed by atoms with van der Waals surface area (Å²) < 4.78 is 10.7. The van der Waals surface area contributed by atoms with Crippen LogP contribution in [-0.2, 0) is 25.7 Å². The summed E-state index contributed by atoms with van der Waals surface area (Å²) in [6.07, 6.45) is 11.0. The fourth-order valence-corrected chi connectivity index (χ4v) is 3.40. The first-order chi connectivity index (χ1) is 17.0. The summed E-state index contributed by atoms with van der Waals surface area (Å²) in [5, 5.41) is 3.03. The van der Waals surface area contributed by atoms with E-state index < -0.39 is 12.1 Å². The van der Waals surface area contributed by atoms with Crippen LogP contribution in [0.3, 0.4) is 0 Å². The van der Waals surface area contributed by atoms with Gasteiger partial charge in [0.05, 0.1) is 12.6 Å². The number of esters is 1. The molecule has 1 N–H and O–H groups in total. The maximum atomic E-state index is 12.5. The molecule has 1 aromatic rings. The van der Waals surface area contributed by atoms with Crippen LogP contribution in [-0.4, -0.2) is 30.6 Å². The Morgan fingerprint density at radius 1 is 1.00 bits per heavy atom. The number of carbonyl (C=O) groups is 2. The molecule has 1 aromatic carbocycles. The second-order valence-electron chi connectivity index (χ2n) is 8.48. The van der Waals surface area contributed by atoms with Crippen LogP contribution in [0.25, 0.3) is 0 Å². The molecule has 0 radical (unpaired) electrons. The first-order valence-electron chi connectivity index (χ1n) is 12.8. The Bertz CT molecular complexity index is 857. The molecule has 0 heterocycles. The molecule has 0 bridgehead atoms. The molecule has 0 aromatic heterocycles. The molecule has 0 aliphatic rings. The molecule has 5 heteroatoms. The van der Waals surface area contributed by atoms with Crippen molar-refractivity contribution in [1.29, 1.82) is 0 Å². The summed E-state index contributed by atoms with van der Waals surface area (Å²) in [5.74, 6) is 10.9. The Balaban J connectivity index is 2.49. The second-order valence-corrected chi connectivity index (χ2v) is 8.48. The number of amides is 1. The van der Waals surface area contributed by atoms with Gasteiger partial charge in [-0.3, -0.25) is 9.59 Å². The molecule has 35 heavy (non-hydrogen) atoms. The minimum Gasteiger partial charge on any atom is -0.445 e. The van der Waals surface area contributed by atoms with Gasteiger partial charge in [-0.1, -0.05) is 94.7 Å². The number of hydrogen-bond acceptors (Lipinski definition) is 4. The number of unbranched alkanes of at least 4 members (excludes halogenated alkanes) is 6. The number of hydrogen-bond donors (Lipinski definition) is 1. The standard InChI is InChI=1S/C30H41NO4/c1-4-6-7-8-9-10-14-20-28(21-15-16-22-29(5-2)35-26(3)32)31-30(33)23-17-24-34-25-27-18-12-11-13-19-27/h5,11-13,18-19,28-29H,2,4,6-10,14,17,20,23-25H2,1,3H3,(H,31,33)/t28-,29+/m1/s1. The number of rotatable bonds is 17. The third-order valence-corrected chi connectivity index (χ3v) is 5.27. The smallest absolute Gasteiger partial charge is 0.304 e. The van der Waals surface area contributed by atoms with Gasteiger partial charge in [0.25, 0.3) is 0 Å². The summed E-state index contributed by atoms with van der Waals surface area (Å²) in [5.41, 5.74) is 1.12. The van der Waals surface area contributed by atoms with Crippen LogP contribution in [0.1, 0.15) is 83.6 Å². The maximum Gasteiger partial charge on any atom is 0.304 e. The quantitative estimate of drug-likeness (QED) is 0.134. The molecule has 0 saturated heterocycles. The molecular weight excluding hydrogens is 438 g/mol. The lowest BCUT2D eigenvalue weighted by atomic mass is 10.0. The minimum atomic E-state index is -0.686. The molecule has 0 fully saturated rings. The molecule has 0 saturated carbocycles. The molecule has 0 unspecified atom stereocenters. The lowest BCUT2D eigenvalue weighted by Crippen LogP contribution is -2.33. The van der Waals surface area contributed by atoms with Crippen molar-refractivity contribution >= 4 is 11.9 Å². The zero-order valence-electron chi connectivity index (χ0n) is 21.4. The Morgan fingerprint density at radius 3 is 2.37 bits per heavy atom. The van der Waals surface area contributed by atoms with Gasteiger partial charge in [0.2, 0.25) is 5.91 Å². The fourth-order valence-electron chi connectivity index (χ4n) is 3.40. The third kappa shape index (κ3) is 17.1. The Morgan fingerprint density at radius 2 is 1.69 bits per heavy atom. The summed E-state index contributed by atoms with van der Waals surface area (Å²) >= 11 is 0. The van der Waals surface area contributed by atoms with E-state index >= 15 is 0 Å². The zero-order valence-corrected chi connectivity index (χ0v) is 21.4. The van der Waals surface area contributed by atoms with Gasteiger partial charge in [-0.25, -0.2) is 0 Å². The van der Waals surface area contributed by atoms with Crippen molar-refractivity contribution in [1.82, 2.24) is 5.32 Å². The molecule has 190 valence electrons. The van der Waals surface area contributed by atoms with Gasteiger partial charge in [-0.15, -0.1) is 0 Å². The van der Waals surface area contributed by atoms with Gasteiger partial charge < -0.3 is 14.8 Å². The van der Waals surface area contributed by atoms with Gasteiger partial charge in [0, 0.05) is 20.0 Å². The van der Waals surface area contributed by atoms with E-state index in [0.717, 1.165) is 24.8 Å². The van der Waals surface area contributed by atoms with Crippen molar-refractivity contribution in [2.45, 2.75) is 96.8 Å². The highest BCUT2D eigenvalue weighted by atomic mass is 16.5. The zero-order chi connectivity index (χ0) is 25.6. The molecule has 1 amide bonds. The average Bonchev–Trinajstić information content (AvgIpc) is 2.85. The van der Waals surface area contributed by atoms with E-state index in [0.29, 0.717) is 26.1 Å². The number of benzene rings is 1. The van der Waals surface area contributed by atoms with E-state index in [-0.39, 0.29) is 11.9 Å². The predicted molar refractivity (Wildman–Crippen MR) is 141 cm³/mol. The lowest BCUT2D eigenvalue weighted by molar-refractivity contribution is -0.142. The molecule has 0 spiro atoms. The van der Waals surface area contributed by atoms with E-state index in [1.54, 1.807) is 0 Å². The highest BCUT2D eigenvalue weighted by molar-refractivity contribution is 5.76. The highest BCUT2D eigenvalue weighted by Gasteiger charge is 2.10. The second kappa shape index (κ2) is 20.4. The first-order valence-corrected chi connectivity index (χ1v) is 12.8. The minimum absolute atomic E-state index is 0.0348. The van der Waals surface area contributed by atoms with Crippen molar-refractivity contribution in [2.24, 2.45) is 0 Å². The lowest BCUT2D eigenvalue weighted by Gasteiger charge is -2.13. The van der Waals surface area contributed by atoms with E-state index in [9.17, 15) is 9.59 Å². The van der Waals surface area contributed by atoms with Gasteiger partial charge in [-0.2, -0.15) is 0 Å². The molecule has 1 rings (SSSR count). The third-order valence-electron chi connectivity index (χ3n) is 5.27. The number of nitrogens with one attached hydrogen (secondary N) is 1. The van der Waals surface area contributed by atoms with Crippen molar-refractivity contribution in [3.63, 3.8) is 0 Å². The van der Waals surface area contributed by atoms with Crippen LogP contribution >= 0.6 is 0 Å². The van der Waals surface area contributed by atoms with Gasteiger partial charge in [0.15, 0.2) is 6.10 Å². The van der Waals surface area contributed by atoms with Crippen LogP contribution in [0.5, 0.6) is 0 Å². The van der Waals surface area contributed by atoms with Crippen LogP contribution < -0.4 is 5.32 Å². The molecular formula is C30H41NO4. The fraction of sp³-hybridized carbons (Fsp3) is 0.533. The Hall–Kier alpha value is -3.02. The van der Waals surface area contributed by atoms with Crippen molar-refractivity contribution in [3.8, 4) is 23.7 Å². The normalized spacial score (nSPS) is 11.7. The molecule has 5 nitrogen and oxygen atoms in total. The van der Waals surface area contributed by atoms with E-state index in [4.69, 9.17) is 9.47 Å². The number of ether oxygens (including phenoxy) is 2. The van der Waals surface area contributed by atoms with Crippen molar-refractivity contribution in [3.05, 3.63) is 48.6 Å². The maximum absolute atomic E-state index is 12.5. The highest BCUT2D eigenvalue weighted by Crippen LogP contribution is 2.10. The number of carbonyl (C=O) groups excluding carboxylic acids is 2. The predicted octanol–water partition coefficient (Wildman–Crippen LogP) is 5.73. The van der Waals surface area contributed by atoms with Crippen molar-refractivity contribution in [2.75, 3.05) is 6.61 Å². The average molecular weight is 480 g/mol. The molecule has 0 aliphatic heterocycles. The van der Waals surface area contributed by atoms with Crippen LogP contribution in [0.4, 0.5) is 0 Å². The Kier molecular flexibility index (Phi) is 17.5. The van der Waals surface area contributed by atoms with E-state index in [2.05, 4.69) is 42.5 Å². The summed E-state index contributed by atoms with van der Waals surface area (Å²) in [4.78, 5) is 23.5. The SMILES string of the molecule is C=C[C@@H](C#CC#C[C@@H](CCCCCCCCC)NC(=O)CCCOCc1ccccc1)OC(C)=O. The summed E-state index contributed by atoms with van der Waals surface area (Å²) in [7, 11) is 0. The largest absolute Gasteiger partial charge is 0.445 e. The molecule has 0 aliphatic carbocycles.